The zero-order chi connectivity index (χ0) is 14.6. The average Bonchev–Trinajstić information content (AvgIpc) is 2.98. The van der Waals surface area contributed by atoms with Crippen LogP contribution in [0.3, 0.4) is 0 Å². The largest absolute Gasteiger partial charge is 0.399 e. The van der Waals surface area contributed by atoms with Gasteiger partial charge in [-0.1, -0.05) is 17.7 Å². The molecule has 0 aromatic heterocycles. The van der Waals surface area contributed by atoms with Crippen molar-refractivity contribution in [3.8, 4) is 0 Å². The Morgan fingerprint density at radius 2 is 1.90 bits per heavy atom. The topological polar surface area (TPSA) is 55.1 Å². The summed E-state index contributed by atoms with van der Waals surface area (Å²) in [7, 11) is 0. The minimum absolute atomic E-state index is 0.0578. The number of nitrogens with two attached hydrogens (primary N) is 1. The van der Waals surface area contributed by atoms with Gasteiger partial charge in [-0.05, 0) is 59.9 Å². The number of hydrogen-bond donors (Lipinski definition) is 2. The summed E-state index contributed by atoms with van der Waals surface area (Å²) in [5.74, 6) is -0.0578. The molecule has 0 saturated carbocycles. The molecule has 2 aromatic carbocycles. The van der Waals surface area contributed by atoms with Crippen LogP contribution in [0.2, 0.25) is 5.02 Å². The summed E-state index contributed by atoms with van der Waals surface area (Å²) in [5, 5.41) is 3.54. The Bertz CT molecular complexity index is 824. The third-order valence-corrected chi connectivity index (χ3v) is 4.37. The molecule has 1 aliphatic carbocycles. The van der Waals surface area contributed by atoms with E-state index in [9.17, 15) is 4.79 Å². The molecule has 3 nitrogen and oxygen atoms in total. The van der Waals surface area contributed by atoms with Gasteiger partial charge < -0.3 is 11.1 Å². The van der Waals surface area contributed by atoms with Crippen LogP contribution < -0.4 is 11.1 Å². The number of carbonyl (C=O) groups excluding carboxylic acids is 1. The van der Waals surface area contributed by atoms with E-state index in [-0.39, 0.29) is 5.91 Å². The lowest BCUT2D eigenvalue weighted by Crippen LogP contribution is -2.05. The maximum Gasteiger partial charge on any atom is 0.256 e. The van der Waals surface area contributed by atoms with Crippen molar-refractivity contribution in [3.63, 3.8) is 0 Å². The quantitative estimate of drug-likeness (QED) is 0.575. The van der Waals surface area contributed by atoms with Gasteiger partial charge in [-0.25, -0.2) is 0 Å². The van der Waals surface area contributed by atoms with Crippen LogP contribution >= 0.6 is 11.6 Å². The van der Waals surface area contributed by atoms with Gasteiger partial charge in [0.25, 0.3) is 5.91 Å². The molecule has 2 aliphatic rings. The van der Waals surface area contributed by atoms with E-state index < -0.39 is 0 Å². The first-order chi connectivity index (χ1) is 10.1. The predicted octanol–water partition coefficient (Wildman–Crippen LogP) is 3.73. The predicted molar refractivity (Wildman–Crippen MR) is 86.1 cm³/mol. The molecule has 0 bridgehead atoms. The number of hydrogen-bond acceptors (Lipinski definition) is 2. The Balaban J connectivity index is 1.98. The monoisotopic (exact) mass is 296 g/mol. The fourth-order valence-corrected chi connectivity index (χ4v) is 3.36. The molecule has 1 amide bonds. The second-order valence-electron chi connectivity index (χ2n) is 5.41. The van der Waals surface area contributed by atoms with Crippen LogP contribution in [0.1, 0.15) is 23.1 Å². The van der Waals surface area contributed by atoms with Crippen molar-refractivity contribution >= 4 is 40.0 Å². The summed E-state index contributed by atoms with van der Waals surface area (Å²) in [6.07, 6.45) is 1.80. The SMILES string of the molecule is Nc1ccc2c(c1)/C(=C1\C(=O)Nc3ccc(Cl)cc31)CC2. The van der Waals surface area contributed by atoms with Crippen molar-refractivity contribution in [3.05, 3.63) is 58.1 Å². The molecule has 4 rings (SSSR count). The highest BCUT2D eigenvalue weighted by molar-refractivity contribution is 6.38. The van der Waals surface area contributed by atoms with Crippen molar-refractivity contribution in [2.24, 2.45) is 0 Å². The number of fused-ring (bicyclic) bond motifs is 2. The van der Waals surface area contributed by atoms with Gasteiger partial charge >= 0.3 is 0 Å². The summed E-state index contributed by atoms with van der Waals surface area (Å²) in [4.78, 5) is 12.4. The number of rotatable bonds is 0. The molecule has 104 valence electrons. The number of halogens is 1. The number of allylic oxidation sites excluding steroid dienone is 1. The molecule has 0 spiro atoms. The van der Waals surface area contributed by atoms with Crippen molar-refractivity contribution < 1.29 is 4.79 Å². The first-order valence-electron chi connectivity index (χ1n) is 6.86. The van der Waals surface area contributed by atoms with Crippen LogP contribution in [0.15, 0.2) is 36.4 Å². The highest BCUT2D eigenvalue weighted by atomic mass is 35.5. The van der Waals surface area contributed by atoms with Crippen LogP contribution in [-0.4, -0.2) is 5.91 Å². The van der Waals surface area contributed by atoms with Gasteiger partial charge in [0.15, 0.2) is 0 Å². The Morgan fingerprint density at radius 3 is 2.76 bits per heavy atom. The first-order valence-corrected chi connectivity index (χ1v) is 7.24. The van der Waals surface area contributed by atoms with Crippen molar-refractivity contribution in [1.82, 2.24) is 0 Å². The van der Waals surface area contributed by atoms with E-state index >= 15 is 0 Å². The van der Waals surface area contributed by atoms with Crippen LogP contribution in [0, 0.1) is 0 Å². The Morgan fingerprint density at radius 1 is 1.05 bits per heavy atom. The molecule has 0 unspecified atom stereocenters. The number of carbonyl (C=O) groups is 1. The lowest BCUT2D eigenvalue weighted by Gasteiger charge is -2.07. The van der Waals surface area contributed by atoms with E-state index in [2.05, 4.69) is 5.32 Å². The van der Waals surface area contributed by atoms with Crippen LogP contribution in [0.5, 0.6) is 0 Å². The summed E-state index contributed by atoms with van der Waals surface area (Å²) in [6, 6.07) is 11.4. The van der Waals surface area contributed by atoms with Crippen molar-refractivity contribution in [2.75, 3.05) is 11.1 Å². The molecule has 4 heteroatoms. The smallest absolute Gasteiger partial charge is 0.256 e. The van der Waals surface area contributed by atoms with Crippen molar-refractivity contribution in [1.29, 1.82) is 0 Å². The van der Waals surface area contributed by atoms with Crippen LogP contribution in [0.4, 0.5) is 11.4 Å². The Hall–Kier alpha value is -2.26. The Kier molecular flexibility index (Phi) is 2.59. The number of benzene rings is 2. The summed E-state index contributed by atoms with van der Waals surface area (Å²) in [6.45, 7) is 0. The fourth-order valence-electron chi connectivity index (χ4n) is 3.19. The van der Waals surface area contributed by atoms with E-state index in [1.807, 2.05) is 30.3 Å². The molecule has 0 saturated heterocycles. The number of aryl methyl sites for hydroxylation is 1. The fraction of sp³-hybridized carbons (Fsp3) is 0.118. The minimum Gasteiger partial charge on any atom is -0.399 e. The molecule has 0 atom stereocenters. The Labute approximate surface area is 127 Å². The molecule has 0 radical (unpaired) electrons. The van der Waals surface area contributed by atoms with E-state index in [1.165, 1.54) is 5.56 Å². The summed E-state index contributed by atoms with van der Waals surface area (Å²) >= 11 is 6.09. The van der Waals surface area contributed by atoms with Gasteiger partial charge in [0.05, 0.1) is 5.57 Å². The summed E-state index contributed by atoms with van der Waals surface area (Å²) in [5.41, 5.74) is 12.5. The highest BCUT2D eigenvalue weighted by Crippen LogP contribution is 2.43. The molecular weight excluding hydrogens is 284 g/mol. The van der Waals surface area contributed by atoms with Crippen molar-refractivity contribution in [2.45, 2.75) is 12.8 Å². The number of anilines is 2. The number of nitrogen functional groups attached to an aromatic ring is 1. The van der Waals surface area contributed by atoms with Gasteiger partial charge in [0.1, 0.15) is 0 Å². The zero-order valence-electron chi connectivity index (χ0n) is 11.2. The highest BCUT2D eigenvalue weighted by Gasteiger charge is 2.30. The standard InChI is InChI=1S/C17H13ClN2O/c18-10-3-6-15-14(7-10)16(17(21)20-15)12-5-2-9-1-4-11(19)8-13(9)12/h1,3-4,6-8H,2,5,19H2,(H,20,21)/b16-12-. The molecule has 1 aliphatic heterocycles. The van der Waals surface area contributed by atoms with Crippen LogP contribution in [-0.2, 0) is 11.2 Å². The third-order valence-electron chi connectivity index (χ3n) is 4.13. The lowest BCUT2D eigenvalue weighted by molar-refractivity contribution is -0.110. The lowest BCUT2D eigenvalue weighted by atomic mass is 9.96. The number of amides is 1. The molecule has 21 heavy (non-hydrogen) atoms. The second kappa shape index (κ2) is 4.37. The average molecular weight is 297 g/mol. The maximum absolute atomic E-state index is 12.4. The summed E-state index contributed by atoms with van der Waals surface area (Å²) < 4.78 is 0. The third kappa shape index (κ3) is 1.85. The van der Waals surface area contributed by atoms with Gasteiger partial charge in [-0.2, -0.15) is 0 Å². The molecule has 0 fully saturated rings. The van der Waals surface area contributed by atoms with Gasteiger partial charge in [0, 0.05) is 22.0 Å². The van der Waals surface area contributed by atoms with Crippen LogP contribution in [0.25, 0.3) is 11.1 Å². The maximum atomic E-state index is 12.4. The van der Waals surface area contributed by atoms with E-state index in [4.69, 9.17) is 17.3 Å². The van der Waals surface area contributed by atoms with E-state index in [1.54, 1.807) is 6.07 Å². The number of nitrogens with one attached hydrogen (secondary N) is 1. The van der Waals surface area contributed by atoms with Gasteiger partial charge in [-0.3, -0.25) is 4.79 Å². The minimum atomic E-state index is -0.0578. The second-order valence-corrected chi connectivity index (χ2v) is 5.85. The molecule has 2 aromatic rings. The first kappa shape index (κ1) is 12.5. The molecule has 3 N–H and O–H groups in total. The normalized spacial score (nSPS) is 19.4. The van der Waals surface area contributed by atoms with E-state index in [0.29, 0.717) is 5.02 Å². The molecule has 1 heterocycles. The van der Waals surface area contributed by atoms with Gasteiger partial charge in [-0.15, -0.1) is 0 Å². The van der Waals surface area contributed by atoms with Gasteiger partial charge in [0.2, 0.25) is 0 Å². The zero-order valence-corrected chi connectivity index (χ0v) is 12.0. The van der Waals surface area contributed by atoms with E-state index in [0.717, 1.165) is 46.5 Å². The molecular formula is C17H13ClN2O.